The highest BCUT2D eigenvalue weighted by atomic mass is 32.1. The lowest BCUT2D eigenvalue weighted by molar-refractivity contribution is 0.103. The van der Waals surface area contributed by atoms with E-state index in [1.54, 1.807) is 24.5 Å². The first kappa shape index (κ1) is 21.7. The Bertz CT molecular complexity index is 973. The van der Waals surface area contributed by atoms with Gasteiger partial charge >= 0.3 is 0 Å². The molecule has 0 radical (unpaired) electrons. The van der Waals surface area contributed by atoms with Gasteiger partial charge in [0.25, 0.3) is 5.91 Å². The average Bonchev–Trinajstić information content (AvgIpc) is 3.44. The Hall–Kier alpha value is -3.04. The van der Waals surface area contributed by atoms with Crippen molar-refractivity contribution in [2.75, 3.05) is 23.8 Å². The molecule has 2 aromatic heterocycles. The first-order valence-corrected chi connectivity index (χ1v) is 10.7. The second-order valence-corrected chi connectivity index (χ2v) is 7.38. The summed E-state index contributed by atoms with van der Waals surface area (Å²) in [6.07, 6.45) is 1.61. The van der Waals surface area contributed by atoms with E-state index in [-0.39, 0.29) is 5.91 Å². The highest BCUT2D eigenvalue weighted by molar-refractivity contribution is 7.80. The van der Waals surface area contributed by atoms with Crippen LogP contribution in [0.5, 0.6) is 11.5 Å². The number of thiophene rings is 1. The van der Waals surface area contributed by atoms with E-state index in [1.807, 2.05) is 37.4 Å². The van der Waals surface area contributed by atoms with Crippen molar-refractivity contribution in [2.24, 2.45) is 0 Å². The van der Waals surface area contributed by atoms with Crippen LogP contribution in [0.2, 0.25) is 0 Å². The topological polar surface area (TPSA) is 84.8 Å². The number of hydrogen-bond donors (Lipinski definition) is 3. The normalized spacial score (nSPS) is 10.3. The number of carbonyl (C=O) groups excluding carboxylic acids is 1. The maximum atomic E-state index is 12.5. The monoisotopic (exact) mass is 445 g/mol. The second-order valence-electron chi connectivity index (χ2n) is 6.03. The van der Waals surface area contributed by atoms with Crippen molar-refractivity contribution in [1.29, 1.82) is 0 Å². The summed E-state index contributed by atoms with van der Waals surface area (Å²) in [7, 11) is 0. The van der Waals surface area contributed by atoms with E-state index >= 15 is 0 Å². The van der Waals surface area contributed by atoms with Crippen LogP contribution in [0.1, 0.15) is 29.3 Å². The first-order chi connectivity index (χ1) is 14.6. The van der Waals surface area contributed by atoms with E-state index in [9.17, 15) is 4.79 Å². The summed E-state index contributed by atoms with van der Waals surface area (Å²) in [4.78, 5) is 13.1. The molecule has 1 aromatic carbocycles. The standard InChI is InChI=1S/C21H23N3O4S2/c1-3-26-17-12-16(24-21(29)22-13-14-7-5-9-28-14)18(27-4-2)11-15(17)23-20(25)19-8-6-10-30-19/h5-12H,3-4,13H2,1-2H3,(H,23,25)(H2,22,24,29). The van der Waals surface area contributed by atoms with Crippen LogP contribution < -0.4 is 25.4 Å². The third kappa shape index (κ3) is 5.74. The van der Waals surface area contributed by atoms with Gasteiger partial charge < -0.3 is 29.8 Å². The van der Waals surface area contributed by atoms with Crippen molar-refractivity contribution in [3.05, 3.63) is 58.7 Å². The first-order valence-electron chi connectivity index (χ1n) is 9.46. The molecule has 0 atom stereocenters. The van der Waals surface area contributed by atoms with Gasteiger partial charge in [-0.25, -0.2) is 0 Å². The molecule has 0 saturated carbocycles. The highest BCUT2D eigenvalue weighted by Gasteiger charge is 2.16. The molecule has 2 heterocycles. The van der Waals surface area contributed by atoms with Crippen LogP contribution in [-0.2, 0) is 6.54 Å². The van der Waals surface area contributed by atoms with E-state index in [0.717, 1.165) is 5.76 Å². The quantitative estimate of drug-likeness (QED) is 0.405. The minimum atomic E-state index is -0.204. The molecule has 30 heavy (non-hydrogen) atoms. The molecular weight excluding hydrogens is 422 g/mol. The fourth-order valence-corrected chi connectivity index (χ4v) is 3.44. The number of benzene rings is 1. The number of rotatable bonds is 9. The molecule has 7 nitrogen and oxygen atoms in total. The summed E-state index contributed by atoms with van der Waals surface area (Å²) < 4.78 is 16.8. The summed E-state index contributed by atoms with van der Waals surface area (Å²) in [5, 5.41) is 11.4. The summed E-state index contributed by atoms with van der Waals surface area (Å²) >= 11 is 6.76. The number of thiocarbonyl (C=S) groups is 1. The maximum Gasteiger partial charge on any atom is 0.265 e. The predicted octanol–water partition coefficient (Wildman–Crippen LogP) is 4.88. The molecule has 0 unspecified atom stereocenters. The third-order valence-electron chi connectivity index (χ3n) is 3.93. The van der Waals surface area contributed by atoms with Crippen molar-refractivity contribution in [3.63, 3.8) is 0 Å². The molecule has 0 fully saturated rings. The largest absolute Gasteiger partial charge is 0.492 e. The number of hydrogen-bond acceptors (Lipinski definition) is 6. The Balaban J connectivity index is 1.80. The van der Waals surface area contributed by atoms with Crippen molar-refractivity contribution >= 4 is 45.9 Å². The molecule has 0 aliphatic heterocycles. The van der Waals surface area contributed by atoms with Gasteiger partial charge in [0.2, 0.25) is 0 Å². The van der Waals surface area contributed by atoms with E-state index in [4.69, 9.17) is 26.1 Å². The average molecular weight is 446 g/mol. The molecule has 3 rings (SSSR count). The Labute approximate surface area is 184 Å². The van der Waals surface area contributed by atoms with Crippen molar-refractivity contribution < 1.29 is 18.7 Å². The molecule has 1 amide bonds. The van der Waals surface area contributed by atoms with Crippen molar-refractivity contribution in [2.45, 2.75) is 20.4 Å². The van der Waals surface area contributed by atoms with Crippen molar-refractivity contribution in [1.82, 2.24) is 5.32 Å². The van der Waals surface area contributed by atoms with Gasteiger partial charge in [-0.05, 0) is 49.6 Å². The van der Waals surface area contributed by atoms with Gasteiger partial charge in [0.1, 0.15) is 17.3 Å². The molecule has 3 N–H and O–H groups in total. The van der Waals surface area contributed by atoms with Gasteiger partial charge in [0, 0.05) is 12.1 Å². The number of amides is 1. The molecular formula is C21H23N3O4S2. The SMILES string of the molecule is CCOc1cc(NC(=S)NCc2ccco2)c(OCC)cc1NC(=O)c1cccs1. The number of furan rings is 1. The van der Waals surface area contributed by atoms with E-state index < -0.39 is 0 Å². The van der Waals surface area contributed by atoms with Crippen LogP contribution in [0.3, 0.4) is 0 Å². The van der Waals surface area contributed by atoms with Crippen molar-refractivity contribution in [3.8, 4) is 11.5 Å². The second kappa shape index (κ2) is 10.7. The Morgan fingerprint density at radius 3 is 2.33 bits per heavy atom. The highest BCUT2D eigenvalue weighted by Crippen LogP contribution is 2.37. The van der Waals surface area contributed by atoms with Gasteiger partial charge in [0.05, 0.1) is 42.3 Å². The Kier molecular flexibility index (Phi) is 7.69. The number of nitrogens with one attached hydrogen (secondary N) is 3. The zero-order valence-corrected chi connectivity index (χ0v) is 18.3. The Morgan fingerprint density at radius 2 is 1.77 bits per heavy atom. The zero-order valence-electron chi connectivity index (χ0n) is 16.7. The van der Waals surface area contributed by atoms with Gasteiger partial charge in [-0.2, -0.15) is 0 Å². The molecule has 0 spiro atoms. The minimum Gasteiger partial charge on any atom is -0.492 e. The minimum absolute atomic E-state index is 0.204. The lowest BCUT2D eigenvalue weighted by Crippen LogP contribution is -2.28. The van der Waals surface area contributed by atoms with Crippen LogP contribution in [0, 0.1) is 0 Å². The van der Waals surface area contributed by atoms with Crippen LogP contribution in [0.25, 0.3) is 0 Å². The smallest absolute Gasteiger partial charge is 0.265 e. The molecule has 0 aliphatic carbocycles. The number of carbonyl (C=O) groups is 1. The van der Waals surface area contributed by atoms with Gasteiger partial charge in [0.15, 0.2) is 5.11 Å². The summed E-state index contributed by atoms with van der Waals surface area (Å²) in [5.41, 5.74) is 1.16. The number of anilines is 2. The van der Waals surface area contributed by atoms with E-state index in [1.165, 1.54) is 11.3 Å². The summed E-state index contributed by atoms with van der Waals surface area (Å²) in [6, 6.07) is 10.8. The maximum absolute atomic E-state index is 12.5. The third-order valence-corrected chi connectivity index (χ3v) is 5.04. The predicted molar refractivity (Wildman–Crippen MR) is 123 cm³/mol. The molecule has 0 aliphatic rings. The van der Waals surface area contributed by atoms with Crippen LogP contribution in [-0.4, -0.2) is 24.2 Å². The molecule has 9 heteroatoms. The zero-order chi connectivity index (χ0) is 21.3. The Morgan fingerprint density at radius 1 is 1.07 bits per heavy atom. The van der Waals surface area contributed by atoms with E-state index in [0.29, 0.717) is 52.6 Å². The van der Waals surface area contributed by atoms with Crippen LogP contribution >= 0.6 is 23.6 Å². The summed E-state index contributed by atoms with van der Waals surface area (Å²) in [6.45, 7) is 5.11. The number of ether oxygens (including phenoxy) is 2. The molecule has 3 aromatic rings. The molecule has 158 valence electrons. The molecule has 0 bridgehead atoms. The fourth-order valence-electron chi connectivity index (χ4n) is 2.64. The van der Waals surface area contributed by atoms with Gasteiger partial charge in [-0.3, -0.25) is 4.79 Å². The molecule has 0 saturated heterocycles. The lowest BCUT2D eigenvalue weighted by atomic mass is 10.2. The van der Waals surface area contributed by atoms with Crippen LogP contribution in [0.15, 0.2) is 52.5 Å². The van der Waals surface area contributed by atoms with E-state index in [2.05, 4.69) is 16.0 Å². The summed E-state index contributed by atoms with van der Waals surface area (Å²) in [5.74, 6) is 1.63. The van der Waals surface area contributed by atoms with Gasteiger partial charge in [-0.15, -0.1) is 11.3 Å². The van der Waals surface area contributed by atoms with Crippen LogP contribution in [0.4, 0.5) is 11.4 Å². The lowest BCUT2D eigenvalue weighted by Gasteiger charge is -2.18. The fraction of sp³-hybridized carbons (Fsp3) is 0.238. The van der Waals surface area contributed by atoms with Gasteiger partial charge in [-0.1, -0.05) is 6.07 Å².